The third-order valence-corrected chi connectivity index (χ3v) is 2.26. The van der Waals surface area contributed by atoms with Gasteiger partial charge in [0.05, 0.1) is 12.3 Å². The third kappa shape index (κ3) is 5.12. The van der Waals surface area contributed by atoms with Crippen LogP contribution in [0.15, 0.2) is 18.2 Å². The van der Waals surface area contributed by atoms with Crippen molar-refractivity contribution in [2.45, 2.75) is 39.7 Å². The minimum Gasteiger partial charge on any atom is -0.478 e. The fraction of sp³-hybridized carbons (Fsp3) is 0.615. The molecule has 1 aromatic heterocycles. The number of hydrogen-bond donors (Lipinski definition) is 1. The Morgan fingerprint density at radius 1 is 1.25 bits per heavy atom. The summed E-state index contributed by atoms with van der Waals surface area (Å²) in [4.78, 5) is 4.43. The molecule has 0 aliphatic carbocycles. The lowest BCUT2D eigenvalue weighted by atomic mass is 10.3. The summed E-state index contributed by atoms with van der Waals surface area (Å²) >= 11 is 0. The zero-order valence-corrected chi connectivity index (χ0v) is 10.3. The lowest BCUT2D eigenvalue weighted by Crippen LogP contribution is -2.15. The molecule has 16 heavy (non-hydrogen) atoms. The van der Waals surface area contributed by atoms with Gasteiger partial charge < -0.3 is 10.1 Å². The SMILES string of the molecule is CCCCOc1cccc(CNCCC)n1. The Balaban J connectivity index is 2.37. The number of nitrogens with zero attached hydrogens (tertiary/aromatic N) is 1. The average molecular weight is 222 g/mol. The van der Waals surface area contributed by atoms with E-state index < -0.39 is 0 Å². The Morgan fingerprint density at radius 3 is 2.88 bits per heavy atom. The van der Waals surface area contributed by atoms with Crippen molar-refractivity contribution in [2.75, 3.05) is 13.2 Å². The van der Waals surface area contributed by atoms with Crippen LogP contribution < -0.4 is 10.1 Å². The molecule has 0 atom stereocenters. The van der Waals surface area contributed by atoms with E-state index in [1.54, 1.807) is 0 Å². The number of hydrogen-bond acceptors (Lipinski definition) is 3. The molecule has 0 aliphatic heterocycles. The Kier molecular flexibility index (Phi) is 6.58. The van der Waals surface area contributed by atoms with Crippen molar-refractivity contribution < 1.29 is 4.74 Å². The van der Waals surface area contributed by atoms with E-state index >= 15 is 0 Å². The van der Waals surface area contributed by atoms with Crippen LogP contribution in [0.25, 0.3) is 0 Å². The molecule has 90 valence electrons. The average Bonchev–Trinajstić information content (AvgIpc) is 2.30. The van der Waals surface area contributed by atoms with Crippen LogP contribution in [0.5, 0.6) is 5.88 Å². The second-order valence-electron chi connectivity index (χ2n) is 3.85. The molecule has 0 aromatic carbocycles. The van der Waals surface area contributed by atoms with Crippen LogP contribution in [-0.2, 0) is 6.54 Å². The zero-order valence-electron chi connectivity index (χ0n) is 10.3. The van der Waals surface area contributed by atoms with Crippen molar-refractivity contribution in [3.8, 4) is 5.88 Å². The number of rotatable bonds is 8. The van der Waals surface area contributed by atoms with Crippen LogP contribution in [0.4, 0.5) is 0 Å². The summed E-state index contributed by atoms with van der Waals surface area (Å²) in [6, 6.07) is 5.94. The quantitative estimate of drug-likeness (QED) is 0.687. The first-order chi connectivity index (χ1) is 7.86. The number of ether oxygens (including phenoxy) is 1. The standard InChI is InChI=1S/C13H22N2O/c1-3-5-10-16-13-8-6-7-12(15-13)11-14-9-4-2/h6-8,14H,3-5,9-11H2,1-2H3. The Hall–Kier alpha value is -1.09. The smallest absolute Gasteiger partial charge is 0.213 e. The molecule has 1 heterocycles. The highest BCUT2D eigenvalue weighted by molar-refractivity contribution is 5.15. The fourth-order valence-corrected chi connectivity index (χ4v) is 1.35. The molecule has 0 unspecified atom stereocenters. The van der Waals surface area contributed by atoms with Gasteiger partial charge in [0, 0.05) is 12.6 Å². The number of aromatic nitrogens is 1. The van der Waals surface area contributed by atoms with Crippen LogP contribution in [0.2, 0.25) is 0 Å². The highest BCUT2D eigenvalue weighted by Crippen LogP contribution is 2.08. The summed E-state index contributed by atoms with van der Waals surface area (Å²) in [7, 11) is 0. The van der Waals surface area contributed by atoms with E-state index in [0.29, 0.717) is 0 Å². The van der Waals surface area contributed by atoms with Gasteiger partial charge in [-0.15, -0.1) is 0 Å². The molecular weight excluding hydrogens is 200 g/mol. The van der Waals surface area contributed by atoms with Crippen molar-refractivity contribution in [1.29, 1.82) is 0 Å². The second kappa shape index (κ2) is 8.11. The van der Waals surface area contributed by atoms with E-state index in [4.69, 9.17) is 4.74 Å². The molecule has 0 spiro atoms. The summed E-state index contributed by atoms with van der Waals surface area (Å²) < 4.78 is 5.55. The first-order valence-corrected chi connectivity index (χ1v) is 6.16. The van der Waals surface area contributed by atoms with Gasteiger partial charge >= 0.3 is 0 Å². The fourth-order valence-electron chi connectivity index (χ4n) is 1.35. The van der Waals surface area contributed by atoms with Crippen molar-refractivity contribution >= 4 is 0 Å². The van der Waals surface area contributed by atoms with E-state index in [1.807, 2.05) is 18.2 Å². The predicted molar refractivity (Wildman–Crippen MR) is 66.6 cm³/mol. The van der Waals surface area contributed by atoms with Gasteiger partial charge in [0.1, 0.15) is 0 Å². The van der Waals surface area contributed by atoms with Crippen molar-refractivity contribution in [3.63, 3.8) is 0 Å². The lowest BCUT2D eigenvalue weighted by Gasteiger charge is -2.07. The lowest BCUT2D eigenvalue weighted by molar-refractivity contribution is 0.297. The summed E-state index contributed by atoms with van der Waals surface area (Å²) in [5.41, 5.74) is 1.04. The van der Waals surface area contributed by atoms with Crippen LogP contribution in [0, 0.1) is 0 Å². The van der Waals surface area contributed by atoms with Crippen molar-refractivity contribution in [2.24, 2.45) is 0 Å². The van der Waals surface area contributed by atoms with Gasteiger partial charge in [0.2, 0.25) is 5.88 Å². The van der Waals surface area contributed by atoms with Gasteiger partial charge in [-0.2, -0.15) is 0 Å². The van der Waals surface area contributed by atoms with Gasteiger partial charge in [-0.3, -0.25) is 0 Å². The van der Waals surface area contributed by atoms with Crippen LogP contribution in [0.1, 0.15) is 38.8 Å². The topological polar surface area (TPSA) is 34.1 Å². The monoisotopic (exact) mass is 222 g/mol. The van der Waals surface area contributed by atoms with Crippen molar-refractivity contribution in [1.82, 2.24) is 10.3 Å². The molecule has 1 rings (SSSR count). The maximum atomic E-state index is 5.55. The maximum Gasteiger partial charge on any atom is 0.213 e. The molecular formula is C13H22N2O. The van der Waals surface area contributed by atoms with E-state index in [9.17, 15) is 0 Å². The van der Waals surface area contributed by atoms with Gasteiger partial charge in [-0.05, 0) is 25.5 Å². The van der Waals surface area contributed by atoms with Crippen LogP contribution in [-0.4, -0.2) is 18.1 Å². The highest BCUT2D eigenvalue weighted by Gasteiger charge is 1.98. The van der Waals surface area contributed by atoms with E-state index in [-0.39, 0.29) is 0 Å². The number of nitrogens with one attached hydrogen (secondary N) is 1. The Bertz CT molecular complexity index is 264. The summed E-state index contributed by atoms with van der Waals surface area (Å²) in [5.74, 6) is 0.740. The third-order valence-electron chi connectivity index (χ3n) is 2.26. The molecule has 3 heteroatoms. The second-order valence-corrected chi connectivity index (χ2v) is 3.85. The van der Waals surface area contributed by atoms with Gasteiger partial charge in [-0.1, -0.05) is 26.3 Å². The number of unbranched alkanes of at least 4 members (excludes halogenated alkanes) is 1. The predicted octanol–water partition coefficient (Wildman–Crippen LogP) is 2.76. The molecule has 0 fully saturated rings. The molecule has 0 bridgehead atoms. The Labute approximate surface area is 98.2 Å². The molecule has 1 aromatic rings. The maximum absolute atomic E-state index is 5.55. The Morgan fingerprint density at radius 2 is 2.12 bits per heavy atom. The molecule has 0 saturated heterocycles. The summed E-state index contributed by atoms with van der Waals surface area (Å²) in [6.07, 6.45) is 3.38. The molecule has 0 saturated carbocycles. The van der Waals surface area contributed by atoms with E-state index in [2.05, 4.69) is 24.1 Å². The van der Waals surface area contributed by atoms with E-state index in [1.165, 1.54) is 0 Å². The number of pyridine rings is 1. The highest BCUT2D eigenvalue weighted by atomic mass is 16.5. The van der Waals surface area contributed by atoms with Gasteiger partial charge in [-0.25, -0.2) is 4.98 Å². The molecule has 0 aliphatic rings. The normalized spacial score (nSPS) is 10.4. The largest absolute Gasteiger partial charge is 0.478 e. The molecule has 1 N–H and O–H groups in total. The zero-order chi connectivity index (χ0) is 11.6. The van der Waals surface area contributed by atoms with Gasteiger partial charge in [0.25, 0.3) is 0 Å². The first-order valence-electron chi connectivity index (χ1n) is 6.16. The first kappa shape index (κ1) is 13.0. The molecule has 3 nitrogen and oxygen atoms in total. The summed E-state index contributed by atoms with van der Waals surface area (Å²) in [5, 5.41) is 3.33. The minimum atomic E-state index is 0.740. The summed E-state index contributed by atoms with van der Waals surface area (Å²) in [6.45, 7) is 6.92. The minimum absolute atomic E-state index is 0.740. The van der Waals surface area contributed by atoms with Gasteiger partial charge in [0.15, 0.2) is 0 Å². The van der Waals surface area contributed by atoms with Crippen molar-refractivity contribution in [3.05, 3.63) is 23.9 Å². The van der Waals surface area contributed by atoms with Crippen LogP contribution in [0.3, 0.4) is 0 Å². The van der Waals surface area contributed by atoms with Crippen LogP contribution >= 0.6 is 0 Å². The molecule has 0 amide bonds. The molecule has 0 radical (unpaired) electrons. The van der Waals surface area contributed by atoms with E-state index in [0.717, 1.165) is 50.5 Å².